The topological polar surface area (TPSA) is 105 Å². The Balaban J connectivity index is 1.08. The van der Waals surface area contributed by atoms with Crippen LogP contribution in [-0.2, 0) is 19.7 Å². The summed E-state index contributed by atoms with van der Waals surface area (Å²) in [5.74, 6) is -0.362. The average Bonchev–Trinajstić information content (AvgIpc) is 3.55. The second-order valence-electron chi connectivity index (χ2n) is 12.5. The lowest BCUT2D eigenvalue weighted by molar-refractivity contribution is 0.0697. The van der Waals surface area contributed by atoms with E-state index < -0.39 is 17.8 Å². The third kappa shape index (κ3) is 5.81. The van der Waals surface area contributed by atoms with Gasteiger partial charge in [-0.25, -0.2) is 14.2 Å². The minimum absolute atomic E-state index is 0.0134. The fraction of sp³-hybridized carbons (Fsp3) is 0.343. The molecule has 0 radical (unpaired) electrons. The molecule has 1 saturated heterocycles. The molecule has 1 aliphatic carbocycles. The van der Waals surface area contributed by atoms with Crippen LogP contribution in [0.4, 0.5) is 8.78 Å². The van der Waals surface area contributed by atoms with Crippen molar-refractivity contribution < 1.29 is 27.8 Å². The Hall–Kier alpha value is -4.46. The quantitative estimate of drug-likeness (QED) is 0.164. The molecule has 46 heavy (non-hydrogen) atoms. The average molecular weight is 645 g/mol. The number of aromatic nitrogens is 2. The van der Waals surface area contributed by atoms with Crippen molar-refractivity contribution in [3.63, 3.8) is 0 Å². The van der Waals surface area contributed by atoms with Gasteiger partial charge in [-0.15, -0.1) is 0 Å². The molecule has 1 saturated carbocycles. The van der Waals surface area contributed by atoms with Gasteiger partial charge < -0.3 is 18.8 Å². The molecule has 3 heterocycles. The maximum Gasteiger partial charge on any atom is 0.335 e. The van der Waals surface area contributed by atoms with Crippen molar-refractivity contribution in [3.8, 4) is 11.8 Å². The summed E-state index contributed by atoms with van der Waals surface area (Å²) in [6, 6.07) is 16.1. The molecule has 0 spiro atoms. The van der Waals surface area contributed by atoms with Crippen LogP contribution in [0.15, 0.2) is 59.0 Å². The Morgan fingerprint density at radius 3 is 2.70 bits per heavy atom. The molecule has 2 aliphatic rings. The standard InChI is InChI=1S/C35H31ClF2N4O4/c36-26-6-4-23(32-25(26)17-30(38)46-32)19-45-33-24(2-1-3-27(33)37)21-8-14-41(15-9-21)18-31-40-28-7-5-22(34(43)44)16-29(28)42(31)20-35(10-11-35)12-13-39/h1-7,16-17,21H,8-12,14-15,18-20H2,(H,43,44). The number of piperidine rings is 1. The zero-order valence-electron chi connectivity index (χ0n) is 24.9. The van der Waals surface area contributed by atoms with Gasteiger partial charge in [-0.2, -0.15) is 9.65 Å². The van der Waals surface area contributed by atoms with E-state index in [4.69, 9.17) is 25.7 Å². The number of halogens is 3. The molecule has 0 amide bonds. The summed E-state index contributed by atoms with van der Waals surface area (Å²) in [7, 11) is 0. The van der Waals surface area contributed by atoms with Gasteiger partial charge in [0.2, 0.25) is 0 Å². The summed E-state index contributed by atoms with van der Waals surface area (Å²) < 4.78 is 42.4. The van der Waals surface area contributed by atoms with Gasteiger partial charge in [0, 0.05) is 41.0 Å². The van der Waals surface area contributed by atoms with Gasteiger partial charge in [0.1, 0.15) is 18.0 Å². The van der Waals surface area contributed by atoms with Crippen molar-refractivity contribution in [2.75, 3.05) is 13.1 Å². The Labute approximate surface area is 268 Å². The second-order valence-corrected chi connectivity index (χ2v) is 12.9. The number of imidazole rings is 1. The smallest absolute Gasteiger partial charge is 0.335 e. The van der Waals surface area contributed by atoms with E-state index in [1.807, 2.05) is 6.07 Å². The van der Waals surface area contributed by atoms with Crippen LogP contribution < -0.4 is 4.74 Å². The summed E-state index contributed by atoms with van der Waals surface area (Å²) in [6.45, 7) is 2.68. The number of nitrogens with zero attached hydrogens (tertiary/aromatic N) is 4. The number of likely N-dealkylation sites (tertiary alicyclic amines) is 1. The van der Waals surface area contributed by atoms with Crippen molar-refractivity contribution in [1.82, 2.24) is 14.5 Å². The summed E-state index contributed by atoms with van der Waals surface area (Å²) in [5.41, 5.74) is 3.24. The molecule has 7 rings (SSSR count). The van der Waals surface area contributed by atoms with Crippen LogP contribution in [-0.4, -0.2) is 38.6 Å². The Morgan fingerprint density at radius 1 is 1.15 bits per heavy atom. The number of para-hydroxylation sites is 1. The predicted octanol–water partition coefficient (Wildman–Crippen LogP) is 8.06. The molecule has 236 valence electrons. The summed E-state index contributed by atoms with van der Waals surface area (Å²) >= 11 is 6.19. The number of carboxylic acids is 1. The Kier molecular flexibility index (Phi) is 7.91. The number of carboxylic acid groups (broad SMARTS) is 1. The first kappa shape index (κ1) is 30.2. The lowest BCUT2D eigenvalue weighted by atomic mass is 9.88. The Morgan fingerprint density at radius 2 is 1.96 bits per heavy atom. The van der Waals surface area contributed by atoms with Gasteiger partial charge >= 0.3 is 5.97 Å². The van der Waals surface area contributed by atoms with Gasteiger partial charge in [-0.1, -0.05) is 29.8 Å². The molecule has 1 aliphatic heterocycles. The number of carbonyl (C=O) groups is 1. The molecule has 3 aromatic carbocycles. The van der Waals surface area contributed by atoms with Gasteiger partial charge in [-0.05, 0) is 75.0 Å². The lowest BCUT2D eigenvalue weighted by Crippen LogP contribution is -2.33. The fourth-order valence-electron chi connectivity index (χ4n) is 6.65. The van der Waals surface area contributed by atoms with E-state index in [1.165, 1.54) is 12.1 Å². The summed E-state index contributed by atoms with van der Waals surface area (Å²) in [5, 5.41) is 19.8. The molecule has 8 nitrogen and oxygen atoms in total. The molecule has 0 atom stereocenters. The molecule has 0 bridgehead atoms. The Bertz CT molecular complexity index is 2000. The summed E-state index contributed by atoms with van der Waals surface area (Å²) in [4.78, 5) is 18.9. The van der Waals surface area contributed by atoms with E-state index in [9.17, 15) is 19.6 Å². The normalized spacial score (nSPS) is 16.6. The number of ether oxygens (including phenoxy) is 1. The number of nitriles is 1. The fourth-order valence-corrected chi connectivity index (χ4v) is 6.86. The highest BCUT2D eigenvalue weighted by atomic mass is 35.5. The highest BCUT2D eigenvalue weighted by molar-refractivity contribution is 6.35. The number of rotatable bonds is 10. The van der Waals surface area contributed by atoms with Crippen LogP contribution in [0.2, 0.25) is 5.02 Å². The molecule has 2 fully saturated rings. The third-order valence-corrected chi connectivity index (χ3v) is 9.75. The zero-order valence-corrected chi connectivity index (χ0v) is 25.7. The lowest BCUT2D eigenvalue weighted by Gasteiger charge is -2.33. The van der Waals surface area contributed by atoms with E-state index in [0.717, 1.165) is 61.2 Å². The van der Waals surface area contributed by atoms with Crippen molar-refractivity contribution in [3.05, 3.63) is 94.0 Å². The first-order chi connectivity index (χ1) is 22.2. The van der Waals surface area contributed by atoms with Crippen molar-refractivity contribution in [2.24, 2.45) is 5.41 Å². The van der Waals surface area contributed by atoms with Gasteiger partial charge in [-0.3, -0.25) is 4.90 Å². The van der Waals surface area contributed by atoms with Crippen LogP contribution in [0, 0.1) is 28.6 Å². The molecule has 11 heteroatoms. The minimum atomic E-state index is -0.992. The number of aromatic carboxylic acids is 1. The van der Waals surface area contributed by atoms with Crippen molar-refractivity contribution >= 4 is 39.6 Å². The molecule has 1 N–H and O–H groups in total. The van der Waals surface area contributed by atoms with Crippen LogP contribution in [0.5, 0.6) is 5.75 Å². The first-order valence-corrected chi connectivity index (χ1v) is 15.7. The molecular weight excluding hydrogens is 614 g/mol. The third-order valence-electron chi connectivity index (χ3n) is 9.42. The van der Waals surface area contributed by atoms with E-state index in [-0.39, 0.29) is 34.8 Å². The van der Waals surface area contributed by atoms with Gasteiger partial charge in [0.05, 0.1) is 34.2 Å². The van der Waals surface area contributed by atoms with Crippen LogP contribution in [0.1, 0.15) is 65.3 Å². The first-order valence-electron chi connectivity index (χ1n) is 15.3. The number of hydrogen-bond donors (Lipinski definition) is 1. The van der Waals surface area contributed by atoms with E-state index in [1.54, 1.807) is 36.4 Å². The molecular formula is C35H31ClF2N4O4. The molecule has 2 aromatic heterocycles. The van der Waals surface area contributed by atoms with Crippen LogP contribution in [0.25, 0.3) is 22.0 Å². The van der Waals surface area contributed by atoms with Crippen LogP contribution >= 0.6 is 11.6 Å². The number of hydrogen-bond acceptors (Lipinski definition) is 6. The number of benzene rings is 3. The SMILES string of the molecule is N#CCC1(Cn2c(CN3CCC(c4cccc(F)c4OCc4ccc(Cl)c5cc(F)oc45)CC3)nc3ccc(C(=O)O)cc32)CC1. The van der Waals surface area contributed by atoms with Crippen molar-refractivity contribution in [2.45, 2.75) is 57.7 Å². The van der Waals surface area contributed by atoms with E-state index in [0.29, 0.717) is 35.5 Å². The van der Waals surface area contributed by atoms with Crippen LogP contribution in [0.3, 0.4) is 0 Å². The second kappa shape index (κ2) is 12.0. The monoisotopic (exact) mass is 644 g/mol. The van der Waals surface area contributed by atoms with Gasteiger partial charge in [0.25, 0.3) is 6.01 Å². The van der Waals surface area contributed by atoms with E-state index in [2.05, 4.69) is 15.5 Å². The maximum atomic E-state index is 15.2. The minimum Gasteiger partial charge on any atom is -0.485 e. The number of furan rings is 1. The highest BCUT2D eigenvalue weighted by Crippen LogP contribution is 2.50. The zero-order chi connectivity index (χ0) is 32.0. The highest BCUT2D eigenvalue weighted by Gasteiger charge is 2.43. The predicted molar refractivity (Wildman–Crippen MR) is 168 cm³/mol. The molecule has 0 unspecified atom stereocenters. The maximum absolute atomic E-state index is 15.2. The number of fused-ring (bicyclic) bond motifs is 2. The largest absolute Gasteiger partial charge is 0.485 e. The molecule has 5 aromatic rings. The van der Waals surface area contributed by atoms with Crippen molar-refractivity contribution in [1.29, 1.82) is 5.26 Å². The van der Waals surface area contributed by atoms with E-state index >= 15 is 4.39 Å². The van der Waals surface area contributed by atoms with Gasteiger partial charge in [0.15, 0.2) is 11.6 Å². The summed E-state index contributed by atoms with van der Waals surface area (Å²) in [6.07, 6.45) is 3.92.